The lowest BCUT2D eigenvalue weighted by atomic mass is 9.92. The van der Waals surface area contributed by atoms with Gasteiger partial charge in [0.15, 0.2) is 0 Å². The highest BCUT2D eigenvalue weighted by Gasteiger charge is 2.52. The summed E-state index contributed by atoms with van der Waals surface area (Å²) in [5.41, 5.74) is 0.713. The van der Waals surface area contributed by atoms with Crippen molar-refractivity contribution in [3.05, 3.63) is 20.8 Å². The highest BCUT2D eigenvalue weighted by Crippen LogP contribution is 2.58. The molecule has 1 aliphatic heterocycles. The zero-order chi connectivity index (χ0) is 11.7. The van der Waals surface area contributed by atoms with Crippen LogP contribution in [-0.4, -0.2) is 19.6 Å². The third-order valence-corrected chi connectivity index (χ3v) is 6.25. The van der Waals surface area contributed by atoms with Gasteiger partial charge in [0.25, 0.3) is 0 Å². The molecule has 0 bridgehead atoms. The molecule has 3 rings (SSSR count). The quantitative estimate of drug-likeness (QED) is 0.892. The Morgan fingerprint density at radius 2 is 2.29 bits per heavy atom. The molecule has 0 radical (unpaired) electrons. The molecule has 1 aromatic rings. The van der Waals surface area contributed by atoms with Crippen LogP contribution in [0.15, 0.2) is 15.9 Å². The standard InChI is InChI=1S/C13H19BrN2S/c14-11-1-6-17-12(11)9-16-8-10-7-13(10)2-4-15-5-3-13/h1,6,10,15-16H,2-5,7-9H2. The van der Waals surface area contributed by atoms with Gasteiger partial charge in [0.2, 0.25) is 0 Å². The second-order valence-electron chi connectivity index (χ2n) is 5.34. The van der Waals surface area contributed by atoms with E-state index in [1.165, 1.54) is 48.2 Å². The van der Waals surface area contributed by atoms with Crippen molar-refractivity contribution in [3.63, 3.8) is 0 Å². The van der Waals surface area contributed by atoms with Gasteiger partial charge in [-0.1, -0.05) is 0 Å². The Balaban J connectivity index is 1.43. The highest BCUT2D eigenvalue weighted by molar-refractivity contribution is 9.10. The number of hydrogen-bond donors (Lipinski definition) is 2. The van der Waals surface area contributed by atoms with Crippen molar-refractivity contribution in [2.75, 3.05) is 19.6 Å². The first kappa shape index (κ1) is 12.2. The van der Waals surface area contributed by atoms with E-state index < -0.39 is 0 Å². The van der Waals surface area contributed by atoms with Crippen molar-refractivity contribution >= 4 is 27.3 Å². The fourth-order valence-electron chi connectivity index (χ4n) is 3.07. The maximum absolute atomic E-state index is 3.62. The molecule has 2 fully saturated rings. The van der Waals surface area contributed by atoms with Crippen LogP contribution in [-0.2, 0) is 6.54 Å². The maximum Gasteiger partial charge on any atom is 0.0327 e. The normalized spacial score (nSPS) is 26.3. The minimum absolute atomic E-state index is 0.713. The summed E-state index contributed by atoms with van der Waals surface area (Å²) in [4.78, 5) is 1.42. The number of rotatable bonds is 4. The first-order valence-electron chi connectivity index (χ1n) is 6.43. The molecule has 1 atom stereocenters. The van der Waals surface area contributed by atoms with Gasteiger partial charge < -0.3 is 10.6 Å². The Labute approximate surface area is 115 Å². The van der Waals surface area contributed by atoms with Gasteiger partial charge in [-0.2, -0.15) is 0 Å². The van der Waals surface area contributed by atoms with Crippen LogP contribution in [0.25, 0.3) is 0 Å². The summed E-state index contributed by atoms with van der Waals surface area (Å²) in [6.07, 6.45) is 4.23. The number of hydrogen-bond acceptors (Lipinski definition) is 3. The molecule has 17 heavy (non-hydrogen) atoms. The summed E-state index contributed by atoms with van der Waals surface area (Å²) in [6, 6.07) is 2.13. The van der Waals surface area contributed by atoms with Gasteiger partial charge in [-0.05, 0) is 77.6 Å². The number of thiophene rings is 1. The average Bonchev–Trinajstić information content (AvgIpc) is 2.81. The SMILES string of the molecule is Brc1ccsc1CNCC1CC12CCNCC2. The molecule has 1 saturated heterocycles. The Bertz CT molecular complexity index is 385. The van der Waals surface area contributed by atoms with E-state index in [1.807, 2.05) is 11.3 Å². The van der Waals surface area contributed by atoms with E-state index in [2.05, 4.69) is 38.0 Å². The fraction of sp³-hybridized carbons (Fsp3) is 0.692. The molecule has 1 saturated carbocycles. The Kier molecular flexibility index (Phi) is 3.57. The lowest BCUT2D eigenvalue weighted by molar-refractivity contribution is 0.319. The molecule has 2 N–H and O–H groups in total. The monoisotopic (exact) mass is 314 g/mol. The van der Waals surface area contributed by atoms with E-state index in [0.717, 1.165) is 12.5 Å². The smallest absolute Gasteiger partial charge is 0.0327 e. The van der Waals surface area contributed by atoms with Crippen LogP contribution < -0.4 is 10.6 Å². The largest absolute Gasteiger partial charge is 0.317 e. The van der Waals surface area contributed by atoms with Crippen LogP contribution in [0.5, 0.6) is 0 Å². The van der Waals surface area contributed by atoms with Crippen molar-refractivity contribution in [1.29, 1.82) is 0 Å². The van der Waals surface area contributed by atoms with Crippen LogP contribution >= 0.6 is 27.3 Å². The van der Waals surface area contributed by atoms with Gasteiger partial charge >= 0.3 is 0 Å². The van der Waals surface area contributed by atoms with E-state index in [4.69, 9.17) is 0 Å². The predicted octanol–water partition coefficient (Wildman–Crippen LogP) is 2.99. The Morgan fingerprint density at radius 1 is 1.47 bits per heavy atom. The van der Waals surface area contributed by atoms with Gasteiger partial charge in [0.05, 0.1) is 0 Å². The molecule has 0 amide bonds. The molecular formula is C13H19BrN2S. The van der Waals surface area contributed by atoms with Crippen molar-refractivity contribution < 1.29 is 0 Å². The second-order valence-corrected chi connectivity index (χ2v) is 7.19. The third kappa shape index (κ3) is 2.60. The van der Waals surface area contributed by atoms with Crippen LogP contribution in [0, 0.1) is 11.3 Å². The molecule has 1 aliphatic carbocycles. The average molecular weight is 315 g/mol. The minimum atomic E-state index is 0.713. The van der Waals surface area contributed by atoms with Crippen LogP contribution in [0.4, 0.5) is 0 Å². The number of piperidine rings is 1. The zero-order valence-electron chi connectivity index (χ0n) is 9.97. The Morgan fingerprint density at radius 3 is 3.00 bits per heavy atom. The summed E-state index contributed by atoms with van der Waals surface area (Å²) < 4.78 is 1.25. The second kappa shape index (κ2) is 5.00. The molecule has 2 nitrogen and oxygen atoms in total. The molecular weight excluding hydrogens is 296 g/mol. The number of halogens is 1. The van der Waals surface area contributed by atoms with Gasteiger partial charge in [-0.3, -0.25) is 0 Å². The number of nitrogens with one attached hydrogen (secondary N) is 2. The zero-order valence-corrected chi connectivity index (χ0v) is 12.4. The minimum Gasteiger partial charge on any atom is -0.317 e. The third-order valence-electron chi connectivity index (χ3n) is 4.33. The molecule has 0 aromatic carbocycles. The first-order valence-corrected chi connectivity index (χ1v) is 8.11. The highest BCUT2D eigenvalue weighted by atomic mass is 79.9. The van der Waals surface area contributed by atoms with Gasteiger partial charge in [-0.15, -0.1) is 11.3 Å². The first-order chi connectivity index (χ1) is 8.30. The van der Waals surface area contributed by atoms with Crippen molar-refractivity contribution in [2.45, 2.75) is 25.8 Å². The summed E-state index contributed by atoms with van der Waals surface area (Å²) in [7, 11) is 0. The van der Waals surface area contributed by atoms with E-state index in [1.54, 1.807) is 0 Å². The molecule has 1 unspecified atom stereocenters. The molecule has 1 aromatic heterocycles. The van der Waals surface area contributed by atoms with Gasteiger partial charge in [0.1, 0.15) is 0 Å². The van der Waals surface area contributed by atoms with Crippen molar-refractivity contribution in [3.8, 4) is 0 Å². The molecule has 2 aliphatic rings. The summed E-state index contributed by atoms with van der Waals surface area (Å²) in [6.45, 7) is 4.67. The molecule has 94 valence electrons. The van der Waals surface area contributed by atoms with E-state index in [-0.39, 0.29) is 0 Å². The van der Waals surface area contributed by atoms with Crippen molar-refractivity contribution in [2.24, 2.45) is 11.3 Å². The van der Waals surface area contributed by atoms with E-state index in [9.17, 15) is 0 Å². The van der Waals surface area contributed by atoms with E-state index in [0.29, 0.717) is 5.41 Å². The molecule has 4 heteroatoms. The van der Waals surface area contributed by atoms with Gasteiger partial charge in [-0.25, -0.2) is 0 Å². The van der Waals surface area contributed by atoms with E-state index >= 15 is 0 Å². The fourth-order valence-corrected chi connectivity index (χ4v) is 4.53. The molecule has 1 spiro atoms. The summed E-state index contributed by atoms with van der Waals surface area (Å²) >= 11 is 5.41. The Hall–Kier alpha value is 0.1000. The van der Waals surface area contributed by atoms with Gasteiger partial charge in [0, 0.05) is 15.9 Å². The van der Waals surface area contributed by atoms with Crippen LogP contribution in [0.3, 0.4) is 0 Å². The van der Waals surface area contributed by atoms with Crippen molar-refractivity contribution in [1.82, 2.24) is 10.6 Å². The predicted molar refractivity (Wildman–Crippen MR) is 76.4 cm³/mol. The van der Waals surface area contributed by atoms with Crippen LogP contribution in [0.1, 0.15) is 24.1 Å². The summed E-state index contributed by atoms with van der Waals surface area (Å²) in [5.74, 6) is 0.934. The lowest BCUT2D eigenvalue weighted by Crippen LogP contribution is -2.31. The molecule has 2 heterocycles. The maximum atomic E-state index is 3.62. The van der Waals surface area contributed by atoms with Crippen LogP contribution in [0.2, 0.25) is 0 Å². The topological polar surface area (TPSA) is 24.1 Å². The lowest BCUT2D eigenvalue weighted by Gasteiger charge is -2.23. The summed E-state index contributed by atoms with van der Waals surface area (Å²) in [5, 5.41) is 9.23.